The molecule has 20 heavy (non-hydrogen) atoms. The molecule has 112 valence electrons. The van der Waals surface area contributed by atoms with Gasteiger partial charge in [0.25, 0.3) is 0 Å². The van der Waals surface area contributed by atoms with E-state index < -0.39 is 6.10 Å². The third-order valence-corrected chi connectivity index (χ3v) is 4.39. The van der Waals surface area contributed by atoms with Crippen LogP contribution in [0.25, 0.3) is 0 Å². The molecule has 0 bridgehead atoms. The monoisotopic (exact) mass is 298 g/mol. The highest BCUT2D eigenvalue weighted by Crippen LogP contribution is 2.28. The van der Waals surface area contributed by atoms with E-state index in [1.54, 1.807) is 32.0 Å². The number of carbonyl (C=O) groups excluding carboxylic acids is 1. The number of carbonyl (C=O) groups is 1. The topological polar surface area (TPSA) is 84.6 Å². The predicted octanol–water partition coefficient (Wildman–Crippen LogP) is 2.11. The Labute approximate surface area is 123 Å². The second-order valence-electron chi connectivity index (χ2n) is 4.67. The average molecular weight is 298 g/mol. The van der Waals surface area contributed by atoms with Crippen molar-refractivity contribution in [2.75, 3.05) is 18.2 Å². The van der Waals surface area contributed by atoms with Crippen LogP contribution >= 0.6 is 11.8 Å². The maximum absolute atomic E-state index is 12.1. The van der Waals surface area contributed by atoms with Gasteiger partial charge in [0.2, 0.25) is 5.91 Å². The summed E-state index contributed by atoms with van der Waals surface area (Å²) >= 11 is 1.42. The van der Waals surface area contributed by atoms with Gasteiger partial charge in [-0.1, -0.05) is 6.92 Å². The average Bonchev–Trinajstić information content (AvgIpc) is 2.38. The predicted molar refractivity (Wildman–Crippen MR) is 84.2 cm³/mol. The Bertz CT molecular complexity index is 466. The number of amides is 1. The quantitative estimate of drug-likeness (QED) is 0.700. The lowest BCUT2D eigenvalue weighted by molar-refractivity contribution is -0.115. The number of hydrogen-bond donors (Lipinski definition) is 3. The number of thioether (sulfide) groups is 1. The van der Waals surface area contributed by atoms with E-state index in [0.29, 0.717) is 17.1 Å². The molecule has 0 aliphatic rings. The van der Waals surface area contributed by atoms with Gasteiger partial charge in [0.05, 0.1) is 24.2 Å². The fourth-order valence-corrected chi connectivity index (χ4v) is 2.61. The summed E-state index contributed by atoms with van der Waals surface area (Å²) in [5.74, 6) is 0.416. The van der Waals surface area contributed by atoms with Crippen LogP contribution in [0, 0.1) is 0 Å². The number of nitrogens with two attached hydrogens (primary N) is 1. The summed E-state index contributed by atoms with van der Waals surface area (Å²) in [6.45, 7) is 5.40. The lowest BCUT2D eigenvalue weighted by Crippen LogP contribution is -2.27. The smallest absolute Gasteiger partial charge is 0.237 e. The summed E-state index contributed by atoms with van der Waals surface area (Å²) in [5, 5.41) is 12.0. The van der Waals surface area contributed by atoms with Crippen molar-refractivity contribution in [3.63, 3.8) is 0 Å². The maximum Gasteiger partial charge on any atom is 0.237 e. The van der Waals surface area contributed by atoms with Crippen LogP contribution in [-0.2, 0) is 4.79 Å². The summed E-state index contributed by atoms with van der Waals surface area (Å²) in [6.07, 6.45) is -0.461. The second kappa shape index (κ2) is 7.40. The molecule has 5 nitrogen and oxygen atoms in total. The van der Waals surface area contributed by atoms with Crippen molar-refractivity contribution in [3.8, 4) is 5.75 Å². The van der Waals surface area contributed by atoms with Gasteiger partial charge in [-0.2, -0.15) is 0 Å². The minimum absolute atomic E-state index is 0.0153. The molecule has 0 fully saturated rings. The van der Waals surface area contributed by atoms with Crippen molar-refractivity contribution < 1.29 is 14.6 Å². The molecule has 3 unspecified atom stereocenters. The molecule has 0 aliphatic heterocycles. The maximum atomic E-state index is 12.1. The first kappa shape index (κ1) is 16.7. The van der Waals surface area contributed by atoms with Crippen LogP contribution in [0.1, 0.15) is 20.8 Å². The lowest BCUT2D eigenvalue weighted by atomic mass is 10.2. The lowest BCUT2D eigenvalue weighted by Gasteiger charge is -2.19. The number of benzene rings is 1. The molecule has 0 saturated heterocycles. The molecule has 1 rings (SSSR count). The van der Waals surface area contributed by atoms with E-state index in [1.165, 1.54) is 18.9 Å². The van der Waals surface area contributed by atoms with Crippen molar-refractivity contribution in [2.45, 2.75) is 37.4 Å². The molecular formula is C14H22N2O3S. The molecule has 1 aromatic carbocycles. The number of nitrogen functional groups attached to an aromatic ring is 1. The molecule has 1 amide bonds. The van der Waals surface area contributed by atoms with Gasteiger partial charge >= 0.3 is 0 Å². The van der Waals surface area contributed by atoms with Gasteiger partial charge in [0.1, 0.15) is 5.75 Å². The normalized spacial score (nSPS) is 15.2. The van der Waals surface area contributed by atoms with E-state index in [-0.39, 0.29) is 16.4 Å². The summed E-state index contributed by atoms with van der Waals surface area (Å²) in [4.78, 5) is 12.1. The fourth-order valence-electron chi connectivity index (χ4n) is 1.56. The van der Waals surface area contributed by atoms with Crippen LogP contribution in [0.5, 0.6) is 5.75 Å². The number of nitrogens with one attached hydrogen (secondary N) is 1. The second-order valence-corrected chi connectivity index (χ2v) is 6.40. The molecule has 0 heterocycles. The Morgan fingerprint density at radius 2 is 2.05 bits per heavy atom. The molecule has 1 aromatic rings. The van der Waals surface area contributed by atoms with Crippen molar-refractivity contribution in [1.29, 1.82) is 0 Å². The summed E-state index contributed by atoms with van der Waals surface area (Å²) in [7, 11) is 1.54. The zero-order valence-electron chi connectivity index (χ0n) is 12.2. The van der Waals surface area contributed by atoms with Gasteiger partial charge in [-0.25, -0.2) is 0 Å². The van der Waals surface area contributed by atoms with Gasteiger partial charge in [0.15, 0.2) is 0 Å². The number of anilines is 2. The van der Waals surface area contributed by atoms with Crippen molar-refractivity contribution >= 4 is 29.0 Å². The van der Waals surface area contributed by atoms with Gasteiger partial charge in [-0.05, 0) is 32.0 Å². The Balaban J connectivity index is 2.72. The third-order valence-electron chi connectivity index (χ3n) is 2.95. The highest BCUT2D eigenvalue weighted by Gasteiger charge is 2.20. The first-order valence-electron chi connectivity index (χ1n) is 6.43. The summed E-state index contributed by atoms with van der Waals surface area (Å²) in [5.41, 5.74) is 6.81. The summed E-state index contributed by atoms with van der Waals surface area (Å²) < 4.78 is 5.18. The van der Waals surface area contributed by atoms with E-state index in [9.17, 15) is 9.90 Å². The Kier molecular flexibility index (Phi) is 6.16. The van der Waals surface area contributed by atoms with E-state index in [4.69, 9.17) is 10.5 Å². The number of aliphatic hydroxyl groups excluding tert-OH is 1. The molecule has 0 spiro atoms. The highest BCUT2D eigenvalue weighted by molar-refractivity contribution is 8.01. The van der Waals surface area contributed by atoms with Crippen molar-refractivity contribution in [1.82, 2.24) is 0 Å². The first-order valence-corrected chi connectivity index (χ1v) is 7.37. The van der Waals surface area contributed by atoms with E-state index in [0.717, 1.165) is 0 Å². The molecule has 6 heteroatoms. The minimum Gasteiger partial charge on any atom is -0.495 e. The van der Waals surface area contributed by atoms with Crippen molar-refractivity contribution in [3.05, 3.63) is 18.2 Å². The van der Waals surface area contributed by atoms with E-state index in [1.807, 2.05) is 6.92 Å². The molecule has 0 aromatic heterocycles. The number of aliphatic hydroxyl groups is 1. The zero-order chi connectivity index (χ0) is 15.3. The van der Waals surface area contributed by atoms with E-state index in [2.05, 4.69) is 5.32 Å². The van der Waals surface area contributed by atoms with Gasteiger partial charge in [0, 0.05) is 10.9 Å². The zero-order valence-corrected chi connectivity index (χ0v) is 13.0. The molecule has 0 radical (unpaired) electrons. The van der Waals surface area contributed by atoms with Gasteiger partial charge in [-0.15, -0.1) is 11.8 Å². The number of rotatable bonds is 6. The first-order chi connectivity index (χ1) is 9.35. The fraction of sp³-hybridized carbons (Fsp3) is 0.500. The Morgan fingerprint density at radius 3 is 2.60 bits per heavy atom. The largest absolute Gasteiger partial charge is 0.495 e. The SMILES string of the molecule is COc1ccc(N)cc1NC(=O)C(C)SC(C)C(C)O. The minimum atomic E-state index is -0.461. The van der Waals surface area contributed by atoms with Crippen LogP contribution < -0.4 is 15.8 Å². The number of ether oxygens (including phenoxy) is 1. The van der Waals surface area contributed by atoms with Gasteiger partial charge in [-0.3, -0.25) is 4.79 Å². The van der Waals surface area contributed by atoms with Crippen LogP contribution in [0.4, 0.5) is 11.4 Å². The molecule has 4 N–H and O–H groups in total. The van der Waals surface area contributed by atoms with Crippen LogP contribution in [-0.4, -0.2) is 34.7 Å². The molecule has 3 atom stereocenters. The highest BCUT2D eigenvalue weighted by atomic mass is 32.2. The van der Waals surface area contributed by atoms with E-state index >= 15 is 0 Å². The molecule has 0 aliphatic carbocycles. The molecule has 0 saturated carbocycles. The Morgan fingerprint density at radius 1 is 1.40 bits per heavy atom. The van der Waals surface area contributed by atoms with Crippen molar-refractivity contribution in [2.24, 2.45) is 0 Å². The van der Waals surface area contributed by atoms with Crippen LogP contribution in [0.15, 0.2) is 18.2 Å². The standard InChI is InChI=1S/C14H22N2O3S/c1-8(17)9(2)20-10(3)14(18)16-12-7-11(15)5-6-13(12)19-4/h5-10,17H,15H2,1-4H3,(H,16,18). The van der Waals surface area contributed by atoms with Gasteiger partial charge < -0.3 is 20.9 Å². The molecular weight excluding hydrogens is 276 g/mol. The Hall–Kier alpha value is -1.40. The van der Waals surface area contributed by atoms with Crippen LogP contribution in [0.2, 0.25) is 0 Å². The number of hydrogen-bond acceptors (Lipinski definition) is 5. The third kappa shape index (κ3) is 4.61. The number of methoxy groups -OCH3 is 1. The summed E-state index contributed by atoms with van der Waals surface area (Å²) in [6, 6.07) is 5.08. The van der Waals surface area contributed by atoms with Crippen LogP contribution in [0.3, 0.4) is 0 Å².